The van der Waals surface area contributed by atoms with Gasteiger partial charge in [0.1, 0.15) is 23.4 Å². The maximum Gasteiger partial charge on any atom is 0.407 e. The number of rotatable bonds is 2. The average molecular weight is 241 g/mol. The van der Waals surface area contributed by atoms with Crippen LogP contribution in [0.15, 0.2) is 12.1 Å². The van der Waals surface area contributed by atoms with E-state index < -0.39 is 29.4 Å². The first-order chi connectivity index (χ1) is 7.27. The largest absolute Gasteiger partial charge is 0.497 e. The molecule has 0 amide bonds. The molecule has 0 saturated carbocycles. The van der Waals surface area contributed by atoms with E-state index in [2.05, 4.69) is 4.74 Å². The summed E-state index contributed by atoms with van der Waals surface area (Å²) in [6.45, 7) is 0. The number of methoxy groups -OCH3 is 1. The number of benzene rings is 1. The Morgan fingerprint density at radius 3 is 1.94 bits per heavy atom. The van der Waals surface area contributed by atoms with Crippen LogP contribution in [0, 0.1) is 11.6 Å². The second-order valence-corrected chi connectivity index (χ2v) is 3.02. The lowest BCUT2D eigenvalue weighted by Crippen LogP contribution is -2.30. The second kappa shape index (κ2) is 4.25. The van der Waals surface area contributed by atoms with Gasteiger partial charge in [-0.3, -0.25) is 0 Å². The normalized spacial score (nSPS) is 13.7. The Balaban J connectivity index is 3.25. The van der Waals surface area contributed by atoms with E-state index in [0.29, 0.717) is 12.1 Å². The SMILES string of the molecule is COc1cc(F)c(C(N)C(F)(F)F)c(F)c1. The lowest BCUT2D eigenvalue weighted by molar-refractivity contribution is -0.150. The highest BCUT2D eigenvalue weighted by Gasteiger charge is 2.41. The van der Waals surface area contributed by atoms with Crippen LogP contribution < -0.4 is 10.5 Å². The Kier molecular flexibility index (Phi) is 3.37. The molecular formula is C9H8F5NO. The van der Waals surface area contributed by atoms with E-state index in [9.17, 15) is 22.0 Å². The first kappa shape index (κ1) is 12.7. The van der Waals surface area contributed by atoms with Crippen LogP contribution in [-0.4, -0.2) is 13.3 Å². The summed E-state index contributed by atoms with van der Waals surface area (Å²) in [7, 11) is 1.14. The predicted octanol–water partition coefficient (Wildman–Crippen LogP) is 2.54. The summed E-state index contributed by atoms with van der Waals surface area (Å²) in [6, 6.07) is -1.41. The fraction of sp³-hybridized carbons (Fsp3) is 0.333. The molecule has 1 rings (SSSR count). The molecule has 0 aromatic heterocycles. The van der Waals surface area contributed by atoms with Crippen molar-refractivity contribution in [2.75, 3.05) is 7.11 Å². The van der Waals surface area contributed by atoms with Crippen LogP contribution in [0.4, 0.5) is 22.0 Å². The third-order valence-electron chi connectivity index (χ3n) is 1.95. The van der Waals surface area contributed by atoms with Gasteiger partial charge in [0.25, 0.3) is 0 Å². The molecule has 1 unspecified atom stereocenters. The van der Waals surface area contributed by atoms with Gasteiger partial charge in [0.05, 0.1) is 7.11 Å². The Hall–Kier alpha value is -1.37. The Bertz CT molecular complexity index is 367. The molecule has 0 aliphatic rings. The van der Waals surface area contributed by atoms with Gasteiger partial charge in [-0.2, -0.15) is 13.2 Å². The van der Waals surface area contributed by atoms with Crippen molar-refractivity contribution in [3.63, 3.8) is 0 Å². The minimum Gasteiger partial charge on any atom is -0.497 e. The van der Waals surface area contributed by atoms with Crippen LogP contribution in [0.2, 0.25) is 0 Å². The minimum absolute atomic E-state index is 0.215. The summed E-state index contributed by atoms with van der Waals surface area (Å²) >= 11 is 0. The number of hydrogen-bond donors (Lipinski definition) is 1. The molecule has 2 N–H and O–H groups in total. The van der Waals surface area contributed by atoms with Gasteiger partial charge in [-0.1, -0.05) is 0 Å². The average Bonchev–Trinajstić information content (AvgIpc) is 2.14. The highest BCUT2D eigenvalue weighted by atomic mass is 19.4. The number of alkyl halides is 3. The number of ether oxygens (including phenoxy) is 1. The van der Waals surface area contributed by atoms with Crippen LogP contribution in [0.25, 0.3) is 0 Å². The molecule has 1 aromatic rings. The fourth-order valence-corrected chi connectivity index (χ4v) is 1.14. The zero-order valence-corrected chi connectivity index (χ0v) is 8.11. The molecule has 0 saturated heterocycles. The van der Waals surface area contributed by atoms with E-state index in [0.717, 1.165) is 7.11 Å². The summed E-state index contributed by atoms with van der Waals surface area (Å²) in [4.78, 5) is 0. The van der Waals surface area contributed by atoms with Gasteiger partial charge in [-0.25, -0.2) is 8.78 Å². The molecule has 16 heavy (non-hydrogen) atoms. The van der Waals surface area contributed by atoms with Crippen LogP contribution in [0.1, 0.15) is 11.6 Å². The first-order valence-electron chi connectivity index (χ1n) is 4.12. The van der Waals surface area contributed by atoms with Crippen molar-refractivity contribution < 1.29 is 26.7 Å². The summed E-state index contributed by atoms with van der Waals surface area (Å²) in [5, 5.41) is 0. The Labute approximate surface area is 87.8 Å². The van der Waals surface area contributed by atoms with Crippen molar-refractivity contribution in [2.24, 2.45) is 5.73 Å². The predicted molar refractivity (Wildman–Crippen MR) is 45.9 cm³/mol. The topological polar surface area (TPSA) is 35.2 Å². The van der Waals surface area contributed by atoms with E-state index >= 15 is 0 Å². The molecule has 0 fully saturated rings. The molecule has 0 aliphatic heterocycles. The number of nitrogens with two attached hydrogens (primary N) is 1. The van der Waals surface area contributed by atoms with Gasteiger partial charge in [-0.15, -0.1) is 0 Å². The molecular weight excluding hydrogens is 233 g/mol. The quantitative estimate of drug-likeness (QED) is 0.807. The van der Waals surface area contributed by atoms with Crippen LogP contribution in [0.3, 0.4) is 0 Å². The molecule has 0 spiro atoms. The highest BCUT2D eigenvalue weighted by molar-refractivity contribution is 5.33. The van der Waals surface area contributed by atoms with Gasteiger partial charge < -0.3 is 10.5 Å². The van der Waals surface area contributed by atoms with E-state index in [1.54, 1.807) is 0 Å². The third kappa shape index (κ3) is 2.41. The van der Waals surface area contributed by atoms with Crippen molar-refractivity contribution in [1.29, 1.82) is 0 Å². The molecule has 1 aromatic carbocycles. The Morgan fingerprint density at radius 1 is 1.19 bits per heavy atom. The van der Waals surface area contributed by atoms with Gasteiger partial charge in [0.2, 0.25) is 0 Å². The van der Waals surface area contributed by atoms with E-state index in [1.165, 1.54) is 0 Å². The molecule has 0 aliphatic carbocycles. The van der Waals surface area contributed by atoms with Crippen molar-refractivity contribution >= 4 is 0 Å². The lowest BCUT2D eigenvalue weighted by Gasteiger charge is -2.17. The van der Waals surface area contributed by atoms with E-state index in [1.807, 2.05) is 0 Å². The Morgan fingerprint density at radius 2 is 1.62 bits per heavy atom. The van der Waals surface area contributed by atoms with Crippen LogP contribution in [0.5, 0.6) is 5.75 Å². The maximum atomic E-state index is 13.2. The molecule has 0 bridgehead atoms. The van der Waals surface area contributed by atoms with Crippen LogP contribution in [-0.2, 0) is 0 Å². The highest BCUT2D eigenvalue weighted by Crippen LogP contribution is 2.34. The van der Waals surface area contributed by atoms with Crippen molar-refractivity contribution in [1.82, 2.24) is 0 Å². The zero-order chi connectivity index (χ0) is 12.5. The number of hydrogen-bond acceptors (Lipinski definition) is 2. The zero-order valence-electron chi connectivity index (χ0n) is 8.11. The summed E-state index contributed by atoms with van der Waals surface area (Å²) < 4.78 is 67.4. The first-order valence-corrected chi connectivity index (χ1v) is 4.12. The van der Waals surface area contributed by atoms with Gasteiger partial charge in [0, 0.05) is 17.7 Å². The van der Waals surface area contributed by atoms with Crippen molar-refractivity contribution in [3.05, 3.63) is 29.3 Å². The summed E-state index contributed by atoms with van der Waals surface area (Å²) in [6.07, 6.45) is -4.91. The lowest BCUT2D eigenvalue weighted by atomic mass is 10.1. The molecule has 0 heterocycles. The summed E-state index contributed by atoms with van der Waals surface area (Å²) in [5.41, 5.74) is 3.50. The monoisotopic (exact) mass is 241 g/mol. The maximum absolute atomic E-state index is 13.2. The van der Waals surface area contributed by atoms with Gasteiger partial charge in [-0.05, 0) is 0 Å². The summed E-state index contributed by atoms with van der Waals surface area (Å²) in [5.74, 6) is -2.99. The van der Waals surface area contributed by atoms with Gasteiger partial charge in [0.15, 0.2) is 0 Å². The molecule has 1 atom stereocenters. The molecule has 7 heteroatoms. The van der Waals surface area contributed by atoms with E-state index in [4.69, 9.17) is 5.73 Å². The van der Waals surface area contributed by atoms with Gasteiger partial charge >= 0.3 is 6.18 Å². The van der Waals surface area contributed by atoms with E-state index in [-0.39, 0.29) is 5.75 Å². The molecule has 90 valence electrons. The van der Waals surface area contributed by atoms with Crippen molar-refractivity contribution in [2.45, 2.75) is 12.2 Å². The van der Waals surface area contributed by atoms with Crippen LogP contribution >= 0.6 is 0 Å². The smallest absolute Gasteiger partial charge is 0.407 e. The second-order valence-electron chi connectivity index (χ2n) is 3.02. The minimum atomic E-state index is -4.91. The molecule has 2 nitrogen and oxygen atoms in total. The van der Waals surface area contributed by atoms with Crippen molar-refractivity contribution in [3.8, 4) is 5.75 Å². The standard InChI is InChI=1S/C9H8F5NO/c1-16-4-2-5(10)7(6(11)3-4)8(15)9(12,13)14/h2-3,8H,15H2,1H3. The molecule has 0 radical (unpaired) electrons. The third-order valence-corrected chi connectivity index (χ3v) is 1.95. The fourth-order valence-electron chi connectivity index (χ4n) is 1.14. The number of halogens is 5.